The number of amides is 3. The Bertz CT molecular complexity index is 1590. The first kappa shape index (κ1) is 40.8. The van der Waals surface area contributed by atoms with Crippen molar-refractivity contribution in [3.05, 3.63) is 107 Å². The highest BCUT2D eigenvalue weighted by molar-refractivity contribution is 5.94. The van der Waals surface area contributed by atoms with E-state index in [9.17, 15) is 19.2 Å². The molecule has 276 valence electrons. The van der Waals surface area contributed by atoms with Crippen LogP contribution in [0, 0.1) is 13.8 Å². The van der Waals surface area contributed by atoms with E-state index < -0.39 is 53.2 Å². The lowest BCUT2D eigenvalue weighted by Crippen LogP contribution is -2.55. The largest absolute Gasteiger partial charge is 0.458 e. The minimum absolute atomic E-state index is 0.180. The molecule has 0 aliphatic heterocycles. The van der Waals surface area contributed by atoms with Gasteiger partial charge in [0.25, 0.3) is 0 Å². The van der Waals surface area contributed by atoms with Gasteiger partial charge < -0.3 is 25.0 Å². The fourth-order valence-electron chi connectivity index (χ4n) is 5.67. The van der Waals surface area contributed by atoms with E-state index in [1.165, 1.54) is 0 Å². The normalized spacial score (nSPS) is 13.4. The van der Waals surface area contributed by atoms with Gasteiger partial charge in [0, 0.05) is 19.4 Å². The van der Waals surface area contributed by atoms with Gasteiger partial charge in [-0.25, -0.2) is 9.59 Å². The van der Waals surface area contributed by atoms with E-state index in [1.807, 2.05) is 92.7 Å². The number of carbonyl (C=O) groups is 4. The second-order valence-corrected chi connectivity index (χ2v) is 15.2. The van der Waals surface area contributed by atoms with Gasteiger partial charge in [-0.2, -0.15) is 0 Å². The number of nitrogens with zero attached hydrogens (tertiary/aromatic N) is 1. The number of benzene rings is 3. The second kappa shape index (κ2) is 18.5. The number of aryl methyl sites for hydroxylation is 2. The summed E-state index contributed by atoms with van der Waals surface area (Å²) in [7, 11) is 0. The molecule has 3 rings (SSSR count). The summed E-state index contributed by atoms with van der Waals surface area (Å²) in [6.45, 7) is 16.9. The SMILES string of the molecule is CCCCCN(C(=O)C(Cc1ccccc1)NC(=O)OC(C)(C)C)C(C(=O)NC(Cc1ccccc1)C(=O)OC(C)(C)C)c1ccc(C)c(C)c1. The van der Waals surface area contributed by atoms with Crippen LogP contribution in [0.5, 0.6) is 0 Å². The van der Waals surface area contributed by atoms with E-state index in [-0.39, 0.29) is 19.4 Å². The summed E-state index contributed by atoms with van der Waals surface area (Å²) in [5.74, 6) is -1.53. The molecule has 0 aromatic heterocycles. The molecule has 3 amide bonds. The van der Waals surface area contributed by atoms with E-state index in [0.717, 1.165) is 35.1 Å². The van der Waals surface area contributed by atoms with E-state index >= 15 is 0 Å². The molecule has 3 unspecified atom stereocenters. The van der Waals surface area contributed by atoms with E-state index in [0.29, 0.717) is 12.0 Å². The van der Waals surface area contributed by atoms with Crippen LogP contribution in [0.1, 0.15) is 102 Å². The van der Waals surface area contributed by atoms with Gasteiger partial charge in [0.1, 0.15) is 29.3 Å². The quantitative estimate of drug-likeness (QED) is 0.125. The maximum absolute atomic E-state index is 14.9. The second-order valence-electron chi connectivity index (χ2n) is 15.2. The fraction of sp³-hybridized carbons (Fsp3) is 0.476. The van der Waals surface area contributed by atoms with Crippen molar-refractivity contribution in [1.29, 1.82) is 0 Å². The fourth-order valence-corrected chi connectivity index (χ4v) is 5.67. The van der Waals surface area contributed by atoms with Crippen LogP contribution >= 0.6 is 0 Å². The van der Waals surface area contributed by atoms with Gasteiger partial charge in [-0.15, -0.1) is 0 Å². The van der Waals surface area contributed by atoms with Crippen LogP contribution in [0.2, 0.25) is 0 Å². The minimum atomic E-state index is -1.12. The first-order valence-electron chi connectivity index (χ1n) is 18.0. The molecule has 0 bridgehead atoms. The summed E-state index contributed by atoms with van der Waals surface area (Å²) < 4.78 is 11.4. The molecule has 51 heavy (non-hydrogen) atoms. The van der Waals surface area contributed by atoms with Gasteiger partial charge in [0.2, 0.25) is 11.8 Å². The van der Waals surface area contributed by atoms with Crippen LogP contribution in [-0.2, 0) is 36.7 Å². The van der Waals surface area contributed by atoms with Crippen molar-refractivity contribution < 1.29 is 28.7 Å². The molecule has 3 atom stereocenters. The van der Waals surface area contributed by atoms with Gasteiger partial charge in [0.15, 0.2) is 0 Å². The lowest BCUT2D eigenvalue weighted by atomic mass is 9.96. The van der Waals surface area contributed by atoms with E-state index in [4.69, 9.17) is 9.47 Å². The maximum Gasteiger partial charge on any atom is 0.408 e. The molecule has 0 spiro atoms. The van der Waals surface area contributed by atoms with Crippen LogP contribution in [-0.4, -0.2) is 58.6 Å². The Morgan fingerprint density at radius 1 is 0.686 bits per heavy atom. The summed E-state index contributed by atoms with van der Waals surface area (Å²) in [4.78, 5) is 58.0. The predicted octanol–water partition coefficient (Wildman–Crippen LogP) is 7.57. The number of nitrogens with one attached hydrogen (secondary N) is 2. The molecule has 0 fully saturated rings. The molecule has 0 aliphatic rings. The van der Waals surface area contributed by atoms with Crippen molar-refractivity contribution in [2.24, 2.45) is 0 Å². The third-order valence-corrected chi connectivity index (χ3v) is 8.25. The molecule has 0 aliphatic carbocycles. The summed E-state index contributed by atoms with van der Waals surface area (Å²) >= 11 is 0. The highest BCUT2D eigenvalue weighted by atomic mass is 16.6. The zero-order chi connectivity index (χ0) is 37.8. The average Bonchev–Trinajstić information content (AvgIpc) is 3.04. The lowest BCUT2D eigenvalue weighted by Gasteiger charge is -2.35. The Labute approximate surface area is 304 Å². The lowest BCUT2D eigenvalue weighted by molar-refractivity contribution is -0.159. The van der Waals surface area contributed by atoms with Crippen molar-refractivity contribution in [1.82, 2.24) is 15.5 Å². The van der Waals surface area contributed by atoms with Crippen molar-refractivity contribution >= 4 is 23.9 Å². The average molecular weight is 700 g/mol. The van der Waals surface area contributed by atoms with Gasteiger partial charge in [0.05, 0.1) is 0 Å². The van der Waals surface area contributed by atoms with Crippen LogP contribution in [0.3, 0.4) is 0 Å². The highest BCUT2D eigenvalue weighted by Crippen LogP contribution is 2.27. The molecule has 9 heteroatoms. The Morgan fingerprint density at radius 2 is 1.24 bits per heavy atom. The summed E-state index contributed by atoms with van der Waals surface area (Å²) in [5, 5.41) is 5.81. The Kier molecular flexibility index (Phi) is 14.8. The van der Waals surface area contributed by atoms with Crippen molar-refractivity contribution in [2.45, 2.75) is 124 Å². The summed E-state index contributed by atoms with van der Waals surface area (Å²) in [6.07, 6.45) is 1.99. The number of unbranched alkanes of at least 4 members (excludes halogenated alkanes) is 2. The standard InChI is InChI=1S/C42H57N3O6/c1-10-11-18-25-45(38(47)34(27-31-19-14-12-15-20-31)44-40(49)51-42(7,8)9)36(33-24-23-29(2)30(3)26-33)37(46)43-35(39(48)50-41(4,5)6)28-32-21-16-13-17-22-32/h12-17,19-24,26,34-36H,10-11,18,25,27-28H2,1-9H3,(H,43,46)(H,44,49). The zero-order valence-corrected chi connectivity index (χ0v) is 31.9. The molecule has 0 radical (unpaired) electrons. The Morgan fingerprint density at radius 3 is 1.75 bits per heavy atom. The third-order valence-electron chi connectivity index (χ3n) is 8.25. The van der Waals surface area contributed by atoms with E-state index in [1.54, 1.807) is 46.4 Å². The molecule has 0 saturated heterocycles. The van der Waals surface area contributed by atoms with Crippen molar-refractivity contribution in [3.8, 4) is 0 Å². The molecule has 9 nitrogen and oxygen atoms in total. The molecule has 0 saturated carbocycles. The highest BCUT2D eigenvalue weighted by Gasteiger charge is 2.38. The Hall–Kier alpha value is -4.66. The summed E-state index contributed by atoms with van der Waals surface area (Å²) in [6, 6.07) is 21.3. The number of alkyl carbamates (subject to hydrolysis) is 1. The number of esters is 1. The third kappa shape index (κ3) is 13.5. The zero-order valence-electron chi connectivity index (χ0n) is 31.9. The number of hydrogen-bond donors (Lipinski definition) is 2. The Balaban J connectivity index is 2.14. The number of ether oxygens (including phenoxy) is 2. The smallest absolute Gasteiger partial charge is 0.408 e. The minimum Gasteiger partial charge on any atom is -0.458 e. The van der Waals surface area contributed by atoms with Gasteiger partial charge in [-0.05, 0) is 89.6 Å². The van der Waals surface area contributed by atoms with Gasteiger partial charge >= 0.3 is 12.1 Å². The van der Waals surface area contributed by atoms with Crippen LogP contribution in [0.15, 0.2) is 78.9 Å². The molecular weight excluding hydrogens is 642 g/mol. The first-order chi connectivity index (χ1) is 24.0. The van der Waals surface area contributed by atoms with Crippen LogP contribution < -0.4 is 10.6 Å². The number of carbonyl (C=O) groups excluding carboxylic acids is 4. The molecule has 3 aromatic carbocycles. The van der Waals surface area contributed by atoms with Crippen LogP contribution in [0.4, 0.5) is 4.79 Å². The van der Waals surface area contributed by atoms with Gasteiger partial charge in [-0.1, -0.05) is 98.6 Å². The van der Waals surface area contributed by atoms with Crippen LogP contribution in [0.25, 0.3) is 0 Å². The molecular formula is C42H57N3O6. The first-order valence-corrected chi connectivity index (χ1v) is 18.0. The molecule has 2 N–H and O–H groups in total. The predicted molar refractivity (Wildman–Crippen MR) is 201 cm³/mol. The van der Waals surface area contributed by atoms with Crippen molar-refractivity contribution in [3.63, 3.8) is 0 Å². The topological polar surface area (TPSA) is 114 Å². The maximum atomic E-state index is 14.9. The number of hydrogen-bond acceptors (Lipinski definition) is 6. The van der Waals surface area contributed by atoms with E-state index in [2.05, 4.69) is 17.6 Å². The molecule has 3 aromatic rings. The van der Waals surface area contributed by atoms with Gasteiger partial charge in [-0.3, -0.25) is 9.59 Å². The monoisotopic (exact) mass is 699 g/mol. The molecule has 0 heterocycles. The summed E-state index contributed by atoms with van der Waals surface area (Å²) in [5.41, 5.74) is 2.68. The van der Waals surface area contributed by atoms with Crippen molar-refractivity contribution in [2.75, 3.05) is 6.54 Å². The number of rotatable bonds is 15.